The van der Waals surface area contributed by atoms with E-state index < -0.39 is 0 Å². The number of amides is 1. The average molecular weight is 426 g/mol. The Morgan fingerprint density at radius 1 is 1.06 bits per heavy atom. The Morgan fingerprint density at radius 3 is 2.81 bits per heavy atom. The first-order chi connectivity index (χ1) is 15.6. The Bertz CT molecular complexity index is 1410. The Morgan fingerprint density at radius 2 is 1.97 bits per heavy atom. The monoisotopic (exact) mass is 426 g/mol. The standard InChI is InChI=1S/C24H22N6O2/c1-28-14-27-20-7-17(10-26-23(20)28)24(32)29-11-15-6-18(13-29)21-8-16(9-22(31)30(21)12-15)19-4-2-3-5-25-19/h2-5,7-10,14-15,18H,6,11-13H2,1H3/t15-,18+/m0/s1. The number of rotatable bonds is 2. The molecule has 4 aromatic heterocycles. The van der Waals surface area contributed by atoms with Crippen molar-refractivity contribution in [3.8, 4) is 11.3 Å². The van der Waals surface area contributed by atoms with Gasteiger partial charge in [0.1, 0.15) is 5.52 Å². The lowest BCUT2D eigenvalue weighted by atomic mass is 9.82. The third-order valence-electron chi connectivity index (χ3n) is 6.60. The second-order valence-corrected chi connectivity index (χ2v) is 8.76. The number of carbonyl (C=O) groups excluding carboxylic acids is 1. The zero-order valence-electron chi connectivity index (χ0n) is 17.7. The first-order valence-electron chi connectivity index (χ1n) is 10.8. The van der Waals surface area contributed by atoms with E-state index in [1.54, 1.807) is 24.8 Å². The van der Waals surface area contributed by atoms with Crippen molar-refractivity contribution >= 4 is 17.1 Å². The van der Waals surface area contributed by atoms with Crippen molar-refractivity contribution in [1.29, 1.82) is 0 Å². The highest BCUT2D eigenvalue weighted by Gasteiger charge is 2.37. The number of fused-ring (bicyclic) bond motifs is 5. The molecular weight excluding hydrogens is 404 g/mol. The number of hydrogen-bond donors (Lipinski definition) is 0. The fourth-order valence-electron chi connectivity index (χ4n) is 5.12. The van der Waals surface area contributed by atoms with Gasteiger partial charge in [-0.05, 0) is 36.6 Å². The van der Waals surface area contributed by atoms with Crippen molar-refractivity contribution in [2.75, 3.05) is 13.1 Å². The van der Waals surface area contributed by atoms with Crippen molar-refractivity contribution in [3.63, 3.8) is 0 Å². The van der Waals surface area contributed by atoms with Crippen LogP contribution in [0.25, 0.3) is 22.4 Å². The second-order valence-electron chi connectivity index (χ2n) is 8.76. The normalized spacial score (nSPS) is 19.7. The topological polar surface area (TPSA) is 85.9 Å². The summed E-state index contributed by atoms with van der Waals surface area (Å²) in [5, 5.41) is 0. The Balaban J connectivity index is 1.33. The zero-order valence-corrected chi connectivity index (χ0v) is 17.7. The molecule has 0 N–H and O–H groups in total. The molecule has 2 aliphatic rings. The van der Waals surface area contributed by atoms with Crippen molar-refractivity contribution < 1.29 is 4.79 Å². The first-order valence-corrected chi connectivity index (χ1v) is 10.8. The lowest BCUT2D eigenvalue weighted by molar-refractivity contribution is 0.0594. The quantitative estimate of drug-likeness (QED) is 0.492. The molecular formula is C24H22N6O2. The molecule has 0 radical (unpaired) electrons. The van der Waals surface area contributed by atoms with Crippen LogP contribution in [-0.2, 0) is 13.6 Å². The molecule has 160 valence electrons. The number of likely N-dealkylation sites (tertiary alicyclic amines) is 1. The molecule has 4 aromatic rings. The van der Waals surface area contributed by atoms with E-state index >= 15 is 0 Å². The van der Waals surface area contributed by atoms with E-state index in [1.165, 1.54) is 0 Å². The average Bonchev–Trinajstić information content (AvgIpc) is 3.19. The van der Waals surface area contributed by atoms with Gasteiger partial charge in [-0.2, -0.15) is 0 Å². The molecule has 8 heteroatoms. The van der Waals surface area contributed by atoms with Crippen LogP contribution in [-0.4, -0.2) is 48.0 Å². The molecule has 1 saturated heterocycles. The molecule has 32 heavy (non-hydrogen) atoms. The molecule has 0 aromatic carbocycles. The number of hydrogen-bond acceptors (Lipinski definition) is 5. The van der Waals surface area contributed by atoms with E-state index in [0.717, 1.165) is 29.0 Å². The highest BCUT2D eigenvalue weighted by molar-refractivity contribution is 5.96. The number of imidazole rings is 1. The predicted molar refractivity (Wildman–Crippen MR) is 119 cm³/mol. The number of pyridine rings is 3. The van der Waals surface area contributed by atoms with Crippen LogP contribution in [0.1, 0.15) is 28.4 Å². The molecule has 0 unspecified atom stereocenters. The molecule has 2 aliphatic heterocycles. The minimum atomic E-state index is -0.0311. The summed E-state index contributed by atoms with van der Waals surface area (Å²) in [6.45, 7) is 1.86. The Labute approximate surface area is 184 Å². The van der Waals surface area contributed by atoms with Crippen LogP contribution in [0, 0.1) is 5.92 Å². The molecule has 6 heterocycles. The molecule has 1 amide bonds. The van der Waals surface area contributed by atoms with Crippen LogP contribution >= 0.6 is 0 Å². The predicted octanol–water partition coefficient (Wildman–Crippen LogP) is 2.45. The summed E-state index contributed by atoms with van der Waals surface area (Å²) in [6, 6.07) is 11.2. The van der Waals surface area contributed by atoms with Crippen LogP contribution in [0.2, 0.25) is 0 Å². The molecule has 8 nitrogen and oxygen atoms in total. The molecule has 1 fully saturated rings. The number of piperidine rings is 1. The van der Waals surface area contributed by atoms with Crippen LogP contribution < -0.4 is 5.56 Å². The highest BCUT2D eigenvalue weighted by atomic mass is 16.2. The Kier molecular flexibility index (Phi) is 4.21. The number of nitrogens with zero attached hydrogens (tertiary/aromatic N) is 6. The van der Waals surface area contributed by atoms with Crippen LogP contribution in [0.4, 0.5) is 0 Å². The summed E-state index contributed by atoms with van der Waals surface area (Å²) in [7, 11) is 1.88. The van der Waals surface area contributed by atoms with Gasteiger partial charge < -0.3 is 14.0 Å². The number of aryl methyl sites for hydroxylation is 1. The van der Waals surface area contributed by atoms with Gasteiger partial charge in [-0.1, -0.05) is 6.07 Å². The molecule has 2 bridgehead atoms. The van der Waals surface area contributed by atoms with E-state index in [0.29, 0.717) is 30.7 Å². The lowest BCUT2D eigenvalue weighted by Crippen LogP contribution is -2.49. The van der Waals surface area contributed by atoms with Crippen molar-refractivity contribution in [2.45, 2.75) is 18.9 Å². The number of aromatic nitrogens is 5. The maximum absolute atomic E-state index is 13.3. The molecule has 0 aliphatic carbocycles. The van der Waals surface area contributed by atoms with Gasteiger partial charge in [0.25, 0.3) is 11.5 Å². The minimum Gasteiger partial charge on any atom is -0.338 e. The minimum absolute atomic E-state index is 0.00225. The van der Waals surface area contributed by atoms with E-state index in [-0.39, 0.29) is 23.3 Å². The van der Waals surface area contributed by atoms with Crippen LogP contribution in [0.3, 0.4) is 0 Å². The van der Waals surface area contributed by atoms with Gasteiger partial charge in [0.05, 0.1) is 17.6 Å². The fraction of sp³-hybridized carbons (Fsp3) is 0.292. The van der Waals surface area contributed by atoms with E-state index in [9.17, 15) is 9.59 Å². The maximum Gasteiger partial charge on any atom is 0.255 e. The number of carbonyl (C=O) groups is 1. The summed E-state index contributed by atoms with van der Waals surface area (Å²) in [4.78, 5) is 41.3. The van der Waals surface area contributed by atoms with Crippen LogP contribution in [0.15, 0.2) is 59.9 Å². The van der Waals surface area contributed by atoms with Gasteiger partial charge in [0.2, 0.25) is 0 Å². The van der Waals surface area contributed by atoms with Gasteiger partial charge in [0.15, 0.2) is 5.65 Å². The van der Waals surface area contributed by atoms with E-state index in [4.69, 9.17) is 0 Å². The first kappa shape index (κ1) is 18.9. The van der Waals surface area contributed by atoms with E-state index in [2.05, 4.69) is 21.0 Å². The molecule has 6 rings (SSSR count). The van der Waals surface area contributed by atoms with Crippen molar-refractivity contribution in [2.24, 2.45) is 13.0 Å². The fourth-order valence-corrected chi connectivity index (χ4v) is 5.12. The molecule has 0 saturated carbocycles. The summed E-state index contributed by atoms with van der Waals surface area (Å²) in [6.07, 6.45) is 6.04. The maximum atomic E-state index is 13.3. The van der Waals surface area contributed by atoms with Gasteiger partial charge in [0, 0.05) is 62.3 Å². The summed E-state index contributed by atoms with van der Waals surface area (Å²) < 4.78 is 3.72. The second kappa shape index (κ2) is 7.12. The molecule has 2 atom stereocenters. The van der Waals surface area contributed by atoms with Gasteiger partial charge >= 0.3 is 0 Å². The largest absolute Gasteiger partial charge is 0.338 e. The third-order valence-corrected chi connectivity index (χ3v) is 6.60. The lowest BCUT2D eigenvalue weighted by Gasteiger charge is -2.43. The zero-order chi connectivity index (χ0) is 21.8. The van der Waals surface area contributed by atoms with Crippen LogP contribution in [0.5, 0.6) is 0 Å². The summed E-state index contributed by atoms with van der Waals surface area (Å²) in [5.41, 5.74) is 4.63. The Hall–Kier alpha value is -3.81. The summed E-state index contributed by atoms with van der Waals surface area (Å²) >= 11 is 0. The van der Waals surface area contributed by atoms with E-state index in [1.807, 2.05) is 45.3 Å². The third kappa shape index (κ3) is 3.02. The SMILES string of the molecule is Cn1cnc2cc(C(=O)N3C[C@@H]4C[C@H](C3)c3cc(-c5ccccn5)cc(=O)n3C4)cnc21. The van der Waals surface area contributed by atoms with Crippen molar-refractivity contribution in [3.05, 3.63) is 76.7 Å². The van der Waals surface area contributed by atoms with Gasteiger partial charge in [-0.3, -0.25) is 14.6 Å². The highest BCUT2D eigenvalue weighted by Crippen LogP contribution is 2.37. The van der Waals surface area contributed by atoms with Gasteiger partial charge in [-0.25, -0.2) is 9.97 Å². The summed E-state index contributed by atoms with van der Waals surface area (Å²) in [5.74, 6) is 0.348. The van der Waals surface area contributed by atoms with Gasteiger partial charge in [-0.15, -0.1) is 0 Å². The molecule has 0 spiro atoms. The van der Waals surface area contributed by atoms with Crippen molar-refractivity contribution in [1.82, 2.24) is 29.0 Å². The smallest absolute Gasteiger partial charge is 0.255 e.